The van der Waals surface area contributed by atoms with Gasteiger partial charge in [-0.05, 0) is 43.4 Å². The smallest absolute Gasteiger partial charge is 0.414 e. The van der Waals surface area contributed by atoms with Crippen LogP contribution in [-0.2, 0) is 20.9 Å². The van der Waals surface area contributed by atoms with Crippen LogP contribution in [0.25, 0.3) is 0 Å². The van der Waals surface area contributed by atoms with Crippen molar-refractivity contribution in [2.24, 2.45) is 5.92 Å². The normalized spacial score (nSPS) is 22.8. The number of rotatable bonds is 7. The number of benzene rings is 2. The van der Waals surface area contributed by atoms with E-state index in [-0.39, 0.29) is 49.4 Å². The molecule has 0 N–H and O–H groups in total. The summed E-state index contributed by atoms with van der Waals surface area (Å²) in [5.41, 5.74) is 2.37. The zero-order chi connectivity index (χ0) is 23.8. The monoisotopic (exact) mass is 500 g/mol. The van der Waals surface area contributed by atoms with Gasteiger partial charge < -0.3 is 14.4 Å². The highest BCUT2D eigenvalue weighted by Gasteiger charge is 2.54. The van der Waals surface area contributed by atoms with Gasteiger partial charge in [0.15, 0.2) is 0 Å². The molecule has 6 nitrogen and oxygen atoms in total. The molecule has 0 saturated heterocycles. The van der Waals surface area contributed by atoms with Gasteiger partial charge in [-0.15, -0.1) is 0 Å². The second-order valence-electron chi connectivity index (χ2n) is 9.23. The van der Waals surface area contributed by atoms with Gasteiger partial charge in [0.05, 0.1) is 21.8 Å². The van der Waals surface area contributed by atoms with Crippen LogP contribution in [0.15, 0.2) is 42.5 Å². The van der Waals surface area contributed by atoms with E-state index in [0.717, 1.165) is 43.1 Å². The van der Waals surface area contributed by atoms with E-state index in [1.54, 1.807) is 17.0 Å². The minimum Gasteiger partial charge on any atom is -0.444 e. The summed E-state index contributed by atoms with van der Waals surface area (Å²) in [7, 11) is 0. The third kappa shape index (κ3) is 4.29. The van der Waals surface area contributed by atoms with Crippen molar-refractivity contribution in [3.05, 3.63) is 63.6 Å². The Morgan fingerprint density at radius 2 is 1.79 bits per heavy atom. The molecule has 178 valence electrons. The number of fused-ring (bicyclic) bond motifs is 2. The summed E-state index contributed by atoms with van der Waals surface area (Å²) in [4.78, 5) is 41.1. The maximum atomic E-state index is 13.3. The number of carbonyl (C=O) groups excluding carboxylic acids is 3. The Hall–Kier alpha value is -2.57. The van der Waals surface area contributed by atoms with E-state index >= 15 is 0 Å². The molecule has 3 aliphatic rings. The predicted octanol–water partition coefficient (Wildman–Crippen LogP) is 5.94. The molecular weight excluding hydrogens is 475 g/mol. The van der Waals surface area contributed by atoms with Crippen LogP contribution in [0.5, 0.6) is 0 Å². The molecule has 34 heavy (non-hydrogen) atoms. The van der Waals surface area contributed by atoms with E-state index in [1.807, 2.05) is 35.2 Å². The van der Waals surface area contributed by atoms with Crippen molar-refractivity contribution < 1.29 is 19.1 Å². The lowest BCUT2D eigenvalue weighted by molar-refractivity contribution is -0.137. The van der Waals surface area contributed by atoms with Crippen LogP contribution in [0.2, 0.25) is 10.0 Å². The molecule has 0 spiro atoms. The van der Waals surface area contributed by atoms with Gasteiger partial charge in [0.2, 0.25) is 5.91 Å². The molecule has 0 bridgehead atoms. The zero-order valence-electron chi connectivity index (χ0n) is 18.7. The number of aldehydes is 1. The molecule has 1 aliphatic heterocycles. The average Bonchev–Trinajstić information content (AvgIpc) is 3.65. The minimum absolute atomic E-state index is 0.0256. The molecule has 0 aromatic heterocycles. The molecule has 2 aromatic rings. The quantitative estimate of drug-likeness (QED) is 0.441. The summed E-state index contributed by atoms with van der Waals surface area (Å²) < 4.78 is 5.69. The van der Waals surface area contributed by atoms with Crippen LogP contribution in [0.4, 0.5) is 10.5 Å². The minimum atomic E-state index is -0.429. The van der Waals surface area contributed by atoms with E-state index in [4.69, 9.17) is 27.9 Å². The fourth-order valence-electron chi connectivity index (χ4n) is 5.23. The number of nitrogens with zero attached hydrogens (tertiary/aromatic N) is 2. The highest BCUT2D eigenvalue weighted by molar-refractivity contribution is 6.42. The Bertz CT molecular complexity index is 1110. The molecule has 8 heteroatoms. The standard InChI is InChI=1S/C26H26Cl2N2O4/c27-20-13-19-23(14-21(20)28)30(26(33)34-15-16-5-2-1-3-6-16)22-11-10-18(22)25(19)29(17-8-9-17)24(32)7-4-12-31/h1-3,5-6,12-14,17-18,22,25H,4,7-11,15H2. The molecule has 3 atom stereocenters. The molecule has 1 heterocycles. The van der Waals surface area contributed by atoms with E-state index < -0.39 is 6.09 Å². The first-order valence-electron chi connectivity index (χ1n) is 11.7. The molecule has 2 saturated carbocycles. The van der Waals surface area contributed by atoms with E-state index in [9.17, 15) is 14.4 Å². The SMILES string of the molecule is O=CCCC(=O)N(C1CC1)C1c2cc(Cl)c(Cl)cc2N(C(=O)OCc2ccccc2)C2CCC21. The largest absolute Gasteiger partial charge is 0.444 e. The Kier molecular flexibility index (Phi) is 6.54. The lowest BCUT2D eigenvalue weighted by atomic mass is 9.68. The summed E-state index contributed by atoms with van der Waals surface area (Å²) >= 11 is 12.8. The van der Waals surface area contributed by atoms with Gasteiger partial charge in [0.25, 0.3) is 0 Å². The first-order chi connectivity index (χ1) is 16.5. The number of hydrogen-bond donors (Lipinski definition) is 0. The molecule has 2 aliphatic carbocycles. The molecule has 2 fully saturated rings. The van der Waals surface area contributed by atoms with Gasteiger partial charge in [0.1, 0.15) is 12.9 Å². The average molecular weight is 501 g/mol. The van der Waals surface area contributed by atoms with Gasteiger partial charge in [-0.1, -0.05) is 53.5 Å². The second-order valence-corrected chi connectivity index (χ2v) is 10.0. The van der Waals surface area contributed by atoms with Crippen molar-refractivity contribution in [3.63, 3.8) is 0 Å². The Balaban J connectivity index is 1.50. The van der Waals surface area contributed by atoms with Crippen LogP contribution in [0.1, 0.15) is 55.7 Å². The van der Waals surface area contributed by atoms with Gasteiger partial charge in [0, 0.05) is 36.4 Å². The number of hydrogen-bond acceptors (Lipinski definition) is 4. The predicted molar refractivity (Wildman–Crippen MR) is 130 cm³/mol. The Labute approximate surface area is 208 Å². The summed E-state index contributed by atoms with van der Waals surface area (Å²) in [5, 5.41) is 0.736. The molecular formula is C26H26Cl2N2O4. The van der Waals surface area contributed by atoms with Crippen LogP contribution in [-0.4, -0.2) is 35.3 Å². The number of carbonyl (C=O) groups is 3. The van der Waals surface area contributed by atoms with Gasteiger partial charge in [-0.25, -0.2) is 4.79 Å². The molecule has 2 amide bonds. The van der Waals surface area contributed by atoms with Gasteiger partial charge in [-0.3, -0.25) is 9.69 Å². The summed E-state index contributed by atoms with van der Waals surface area (Å²) in [6.07, 6.45) is 4.35. The fourth-order valence-corrected chi connectivity index (χ4v) is 5.56. The first-order valence-corrected chi connectivity index (χ1v) is 12.5. The zero-order valence-corrected chi connectivity index (χ0v) is 20.2. The summed E-state index contributed by atoms with van der Waals surface area (Å²) in [6.45, 7) is 0.173. The second kappa shape index (κ2) is 9.59. The lowest BCUT2D eigenvalue weighted by Crippen LogP contribution is -2.59. The van der Waals surface area contributed by atoms with Crippen molar-refractivity contribution in [3.8, 4) is 0 Å². The third-order valence-electron chi connectivity index (χ3n) is 7.08. The molecule has 3 unspecified atom stereocenters. The topological polar surface area (TPSA) is 66.9 Å². The molecule has 2 aromatic carbocycles. The maximum absolute atomic E-state index is 13.3. The van der Waals surface area contributed by atoms with Crippen LogP contribution in [0, 0.1) is 5.92 Å². The summed E-state index contributed by atoms with van der Waals surface area (Å²) in [5.74, 6) is 0.0529. The Morgan fingerprint density at radius 1 is 1.06 bits per heavy atom. The van der Waals surface area contributed by atoms with Gasteiger partial charge >= 0.3 is 6.09 Å². The fraction of sp³-hybridized carbons (Fsp3) is 0.423. The van der Waals surface area contributed by atoms with Crippen molar-refractivity contribution in [2.75, 3.05) is 4.90 Å². The van der Waals surface area contributed by atoms with Gasteiger partial charge in [-0.2, -0.15) is 0 Å². The third-order valence-corrected chi connectivity index (χ3v) is 7.80. The van der Waals surface area contributed by atoms with Crippen molar-refractivity contribution in [1.82, 2.24) is 4.90 Å². The van der Waals surface area contributed by atoms with Crippen LogP contribution >= 0.6 is 23.2 Å². The first kappa shape index (κ1) is 23.2. The summed E-state index contributed by atoms with van der Waals surface area (Å²) in [6, 6.07) is 12.9. The molecule has 5 rings (SSSR count). The van der Waals surface area contributed by atoms with E-state index in [1.165, 1.54) is 0 Å². The number of ether oxygens (including phenoxy) is 1. The highest BCUT2D eigenvalue weighted by atomic mass is 35.5. The lowest BCUT2D eigenvalue weighted by Gasteiger charge is -2.54. The number of halogens is 2. The van der Waals surface area contributed by atoms with Crippen LogP contribution < -0.4 is 4.90 Å². The number of amides is 2. The van der Waals surface area contributed by atoms with E-state index in [2.05, 4.69) is 0 Å². The van der Waals surface area contributed by atoms with E-state index in [0.29, 0.717) is 15.7 Å². The Morgan fingerprint density at radius 3 is 2.44 bits per heavy atom. The van der Waals surface area contributed by atoms with Crippen molar-refractivity contribution >= 4 is 47.2 Å². The van der Waals surface area contributed by atoms with Crippen molar-refractivity contribution in [1.29, 1.82) is 0 Å². The molecule has 0 radical (unpaired) electrons. The van der Waals surface area contributed by atoms with Crippen LogP contribution in [0.3, 0.4) is 0 Å². The van der Waals surface area contributed by atoms with Crippen molar-refractivity contribution in [2.45, 2.75) is 63.3 Å². The maximum Gasteiger partial charge on any atom is 0.414 e. The number of anilines is 1. The highest BCUT2D eigenvalue weighted by Crippen LogP contribution is 2.55.